The minimum Gasteiger partial charge on any atom is -0.304 e. The predicted molar refractivity (Wildman–Crippen MR) is 239 cm³/mol. The lowest BCUT2D eigenvalue weighted by Crippen LogP contribution is -2.44. The molecule has 0 saturated carbocycles. The standard InChI is InChI=1S/3C15H33N.H3O4P/c3*1-6-9-12-15(16(4)5,13-10-7-2)14-11-8-3;1-5(2,3)4/h3*6-14H2,1-5H3;(H3,1,2,3,4). The maximum Gasteiger partial charge on any atom is 0.466 e. The Kier molecular flexibility index (Phi) is 42.3. The molecule has 53 heavy (non-hydrogen) atoms. The predicted octanol–water partition coefficient (Wildman–Crippen LogP) is 13.6. The molecule has 0 fully saturated rings. The van der Waals surface area contributed by atoms with E-state index in [9.17, 15) is 0 Å². The van der Waals surface area contributed by atoms with Gasteiger partial charge in [-0.3, -0.25) is 0 Å². The second-order valence-corrected chi connectivity index (χ2v) is 17.8. The third kappa shape index (κ3) is 32.7. The summed E-state index contributed by atoms with van der Waals surface area (Å²) in [5, 5.41) is 0. The summed E-state index contributed by atoms with van der Waals surface area (Å²) in [4.78, 5) is 29.1. The van der Waals surface area contributed by atoms with Crippen LogP contribution in [-0.4, -0.2) is 88.3 Å². The molecule has 0 saturated heterocycles. The summed E-state index contributed by atoms with van der Waals surface area (Å²) < 4.78 is 8.88. The molecule has 0 bridgehead atoms. The molecule has 0 heterocycles. The lowest BCUT2D eigenvalue weighted by molar-refractivity contribution is 0.106. The lowest BCUT2D eigenvalue weighted by atomic mass is 9.81. The van der Waals surface area contributed by atoms with Crippen LogP contribution in [0.5, 0.6) is 0 Å². The van der Waals surface area contributed by atoms with Gasteiger partial charge in [0.2, 0.25) is 0 Å². The van der Waals surface area contributed by atoms with Gasteiger partial charge in [0.15, 0.2) is 0 Å². The van der Waals surface area contributed by atoms with Gasteiger partial charge in [0.1, 0.15) is 0 Å². The second-order valence-electron chi connectivity index (χ2n) is 16.8. The van der Waals surface area contributed by atoms with Crippen molar-refractivity contribution in [1.82, 2.24) is 14.7 Å². The van der Waals surface area contributed by atoms with E-state index >= 15 is 0 Å². The molecular formula is C45H102N3O4P. The zero-order chi connectivity index (χ0) is 41.8. The number of unbranched alkanes of at least 4 members (excludes halogenated alkanes) is 9. The molecule has 0 aliphatic rings. The second kappa shape index (κ2) is 37.6. The molecule has 0 unspecified atom stereocenters. The largest absolute Gasteiger partial charge is 0.466 e. The number of rotatable bonds is 30. The van der Waals surface area contributed by atoms with E-state index in [0.717, 1.165) is 0 Å². The van der Waals surface area contributed by atoms with Gasteiger partial charge in [0, 0.05) is 16.6 Å². The van der Waals surface area contributed by atoms with Gasteiger partial charge < -0.3 is 29.4 Å². The van der Waals surface area contributed by atoms with Crippen LogP contribution in [0.3, 0.4) is 0 Å². The van der Waals surface area contributed by atoms with Crippen molar-refractivity contribution in [2.24, 2.45) is 0 Å². The Morgan fingerprint density at radius 2 is 0.415 bits per heavy atom. The molecule has 8 heteroatoms. The Hall–Kier alpha value is -0.0100. The number of hydrogen-bond acceptors (Lipinski definition) is 4. The van der Waals surface area contributed by atoms with Crippen LogP contribution >= 0.6 is 7.82 Å². The highest BCUT2D eigenvalue weighted by atomic mass is 31.2. The first-order chi connectivity index (χ1) is 24.9. The molecule has 0 aromatic rings. The van der Waals surface area contributed by atoms with E-state index in [-0.39, 0.29) is 0 Å². The Bertz CT molecular complexity index is 629. The van der Waals surface area contributed by atoms with Crippen LogP contribution in [0.4, 0.5) is 0 Å². The van der Waals surface area contributed by atoms with Crippen molar-refractivity contribution in [1.29, 1.82) is 0 Å². The zero-order valence-electron chi connectivity index (χ0n) is 39.1. The average Bonchev–Trinajstić information content (AvgIpc) is 3.10. The summed E-state index contributed by atoms with van der Waals surface area (Å²) in [7, 11) is 9.03. The van der Waals surface area contributed by atoms with Gasteiger partial charge in [-0.15, -0.1) is 0 Å². The zero-order valence-corrected chi connectivity index (χ0v) is 40.0. The summed E-state index contributed by atoms with van der Waals surface area (Å²) in [6.45, 7) is 20.8. The molecule has 0 atom stereocenters. The highest BCUT2D eigenvalue weighted by Gasteiger charge is 2.32. The summed E-state index contributed by atoms with van der Waals surface area (Å²) in [6.07, 6.45) is 36.8. The maximum absolute atomic E-state index is 8.88. The minimum absolute atomic E-state index is 0.488. The average molecular weight is 780 g/mol. The van der Waals surface area contributed by atoms with E-state index in [1.807, 2.05) is 0 Å². The third-order valence-electron chi connectivity index (χ3n) is 11.8. The highest BCUT2D eigenvalue weighted by molar-refractivity contribution is 7.45. The first kappa shape index (κ1) is 59.7. The van der Waals surface area contributed by atoms with E-state index in [1.165, 1.54) is 173 Å². The topological polar surface area (TPSA) is 87.5 Å². The molecule has 0 radical (unpaired) electrons. The quantitative estimate of drug-likeness (QED) is 0.0626. The maximum atomic E-state index is 8.88. The highest BCUT2D eigenvalue weighted by Crippen LogP contribution is 2.34. The molecule has 0 aliphatic heterocycles. The molecule has 0 aliphatic carbocycles. The van der Waals surface area contributed by atoms with Crippen LogP contribution in [0, 0.1) is 0 Å². The number of hydrogen-bond donors (Lipinski definition) is 3. The summed E-state index contributed by atoms with van der Waals surface area (Å²) in [5.74, 6) is 0. The smallest absolute Gasteiger partial charge is 0.304 e. The van der Waals surface area contributed by atoms with Gasteiger partial charge in [0.25, 0.3) is 0 Å². The number of phosphoric acid groups is 1. The SMILES string of the molecule is CCCCC(CCCC)(CCCC)N(C)C.CCCCC(CCCC)(CCCC)N(C)C.CCCCC(CCCC)(CCCC)N(C)C.O=P(O)(O)O. The fourth-order valence-corrected chi connectivity index (χ4v) is 7.69. The fourth-order valence-electron chi connectivity index (χ4n) is 7.69. The first-order valence-corrected chi connectivity index (χ1v) is 24.2. The molecule has 0 spiro atoms. The number of nitrogens with zero attached hydrogens (tertiary/aromatic N) is 3. The summed E-state index contributed by atoms with van der Waals surface area (Å²) >= 11 is 0. The van der Waals surface area contributed by atoms with Crippen LogP contribution in [0.1, 0.15) is 236 Å². The Morgan fingerprint density at radius 3 is 0.472 bits per heavy atom. The van der Waals surface area contributed by atoms with Crippen LogP contribution < -0.4 is 0 Å². The monoisotopic (exact) mass is 780 g/mol. The Balaban J connectivity index is -0.000000318. The minimum atomic E-state index is -4.64. The van der Waals surface area contributed by atoms with E-state index < -0.39 is 7.82 Å². The van der Waals surface area contributed by atoms with E-state index in [0.29, 0.717) is 16.6 Å². The van der Waals surface area contributed by atoms with Crippen molar-refractivity contribution in [3.05, 3.63) is 0 Å². The summed E-state index contributed by atoms with van der Waals surface area (Å²) in [6, 6.07) is 0. The van der Waals surface area contributed by atoms with Crippen molar-refractivity contribution in [2.75, 3.05) is 42.3 Å². The van der Waals surface area contributed by atoms with E-state index in [1.54, 1.807) is 0 Å². The lowest BCUT2D eigenvalue weighted by Gasteiger charge is -2.41. The van der Waals surface area contributed by atoms with E-state index in [4.69, 9.17) is 19.2 Å². The van der Waals surface area contributed by atoms with Gasteiger partial charge >= 0.3 is 7.82 Å². The van der Waals surface area contributed by atoms with Crippen LogP contribution in [-0.2, 0) is 4.57 Å². The van der Waals surface area contributed by atoms with Crippen LogP contribution in [0.25, 0.3) is 0 Å². The molecule has 3 N–H and O–H groups in total. The Labute approximate surface area is 335 Å². The van der Waals surface area contributed by atoms with Crippen molar-refractivity contribution in [3.8, 4) is 0 Å². The third-order valence-corrected chi connectivity index (χ3v) is 11.8. The van der Waals surface area contributed by atoms with Gasteiger partial charge in [-0.25, -0.2) is 4.57 Å². The van der Waals surface area contributed by atoms with Gasteiger partial charge in [-0.05, 0) is 100 Å². The van der Waals surface area contributed by atoms with Crippen molar-refractivity contribution >= 4 is 7.82 Å². The fraction of sp³-hybridized carbons (Fsp3) is 1.00. The van der Waals surface area contributed by atoms with E-state index in [2.05, 4.69) is 119 Å². The molecule has 0 rings (SSSR count). The van der Waals surface area contributed by atoms with Crippen LogP contribution in [0.15, 0.2) is 0 Å². The van der Waals surface area contributed by atoms with Crippen LogP contribution in [0.2, 0.25) is 0 Å². The Morgan fingerprint density at radius 1 is 0.321 bits per heavy atom. The summed E-state index contributed by atoms with van der Waals surface area (Å²) in [5.41, 5.74) is 1.46. The van der Waals surface area contributed by atoms with Gasteiger partial charge in [-0.2, -0.15) is 0 Å². The van der Waals surface area contributed by atoms with Crippen molar-refractivity contribution in [2.45, 2.75) is 252 Å². The molecular weight excluding hydrogens is 677 g/mol. The molecule has 326 valence electrons. The van der Waals surface area contributed by atoms with Gasteiger partial charge in [0.05, 0.1) is 0 Å². The molecule has 0 amide bonds. The van der Waals surface area contributed by atoms with Crippen molar-refractivity contribution < 1.29 is 19.2 Å². The van der Waals surface area contributed by atoms with Gasteiger partial charge in [-0.1, -0.05) is 178 Å². The first-order valence-electron chi connectivity index (χ1n) is 22.7. The molecule has 0 aromatic carbocycles. The normalized spacial score (nSPS) is 12.3. The van der Waals surface area contributed by atoms with Crippen molar-refractivity contribution in [3.63, 3.8) is 0 Å². The molecule has 7 nitrogen and oxygen atoms in total. The molecule has 0 aromatic heterocycles.